The maximum absolute atomic E-state index is 13.7. The average Bonchev–Trinajstić information content (AvgIpc) is 2.90. The third-order valence-corrected chi connectivity index (χ3v) is 7.35. The molecule has 44 heavy (non-hydrogen) atoms. The van der Waals surface area contributed by atoms with Gasteiger partial charge in [-0.05, 0) is 72.4 Å². The molecule has 0 fully saturated rings. The minimum absolute atomic E-state index is 0.0822. The third kappa shape index (κ3) is 6.27. The Balaban J connectivity index is 1.99. The number of pyridine rings is 1. The number of benzene rings is 2. The van der Waals surface area contributed by atoms with Crippen LogP contribution < -0.4 is 10.6 Å². The van der Waals surface area contributed by atoms with Gasteiger partial charge in [-0.25, -0.2) is 4.79 Å². The smallest absolute Gasteiger partial charge is 0.416 e. The maximum Gasteiger partial charge on any atom is 0.416 e. The Bertz CT molecular complexity index is 1590. The predicted octanol–water partition coefficient (Wildman–Crippen LogP) is 7.72. The molecular formula is C27H21F9N4O4. The monoisotopic (exact) mass is 636 g/mol. The van der Waals surface area contributed by atoms with E-state index in [0.29, 0.717) is 29.2 Å². The van der Waals surface area contributed by atoms with Gasteiger partial charge in [-0.1, -0.05) is 6.92 Å². The number of hydrogen-bond donors (Lipinski definition) is 2. The number of nitrogens with two attached hydrogens (primary N) is 1. The average molecular weight is 636 g/mol. The van der Waals surface area contributed by atoms with E-state index in [1.54, 1.807) is 0 Å². The molecule has 2 heterocycles. The Morgan fingerprint density at radius 3 is 2.05 bits per heavy atom. The number of fused-ring (bicyclic) bond motifs is 1. The van der Waals surface area contributed by atoms with Gasteiger partial charge in [-0.15, -0.1) is 0 Å². The molecule has 0 saturated heterocycles. The van der Waals surface area contributed by atoms with Gasteiger partial charge < -0.3 is 10.8 Å². The molecule has 4 rings (SSSR count). The molecule has 17 heteroatoms. The summed E-state index contributed by atoms with van der Waals surface area (Å²) in [6.45, 7) is 1.49. The molecule has 0 aliphatic carbocycles. The molecule has 0 unspecified atom stereocenters. The quantitative estimate of drug-likeness (QED) is 0.168. The summed E-state index contributed by atoms with van der Waals surface area (Å²) in [4.78, 5) is 27.5. The van der Waals surface area contributed by atoms with Crippen molar-refractivity contribution in [1.82, 2.24) is 4.98 Å². The first-order valence-electron chi connectivity index (χ1n) is 12.6. The fourth-order valence-electron chi connectivity index (χ4n) is 5.25. The molecule has 1 aliphatic rings. The number of amides is 1. The standard InChI is InChI=1S/C27H21F9N4O4/c1-2-24(37)11-20(19-10-15(25(28,29)30)3-4-21(19)39(24)23(41)42)22-14(8-18(12-38-22)40(43)44)5-13-6-16(26(31,32)33)9-17(7-13)27(34,35)36/h3-4,6-10,12,20H,2,5,11,37H2,1H3,(H,41,42)/t20-,24+/m0/s1. The van der Waals surface area contributed by atoms with Crippen LogP contribution in [0.3, 0.4) is 0 Å². The minimum Gasteiger partial charge on any atom is -0.465 e. The summed E-state index contributed by atoms with van der Waals surface area (Å²) in [6, 6.07) is 3.72. The van der Waals surface area contributed by atoms with E-state index in [9.17, 15) is 59.5 Å². The molecule has 2 atom stereocenters. The van der Waals surface area contributed by atoms with Gasteiger partial charge in [0.25, 0.3) is 5.69 Å². The van der Waals surface area contributed by atoms with E-state index in [-0.39, 0.29) is 35.0 Å². The first-order chi connectivity index (χ1) is 20.2. The van der Waals surface area contributed by atoms with E-state index >= 15 is 0 Å². The number of carbonyl (C=O) groups is 1. The highest BCUT2D eigenvalue weighted by Gasteiger charge is 2.47. The number of anilines is 1. The van der Waals surface area contributed by atoms with Crippen LogP contribution >= 0.6 is 0 Å². The summed E-state index contributed by atoms with van der Waals surface area (Å²) in [6.07, 6.45) is -17.5. The Labute approximate surface area is 242 Å². The molecule has 3 N–H and O–H groups in total. The summed E-state index contributed by atoms with van der Waals surface area (Å²) >= 11 is 0. The van der Waals surface area contributed by atoms with Crippen molar-refractivity contribution in [3.05, 3.63) is 97.9 Å². The number of carboxylic acid groups (broad SMARTS) is 1. The lowest BCUT2D eigenvalue weighted by molar-refractivity contribution is -0.385. The van der Waals surface area contributed by atoms with Crippen molar-refractivity contribution < 1.29 is 54.3 Å². The van der Waals surface area contributed by atoms with Gasteiger partial charge in [-0.2, -0.15) is 39.5 Å². The van der Waals surface area contributed by atoms with Crippen LogP contribution in [0.2, 0.25) is 0 Å². The topological polar surface area (TPSA) is 123 Å². The zero-order valence-corrected chi connectivity index (χ0v) is 22.3. The van der Waals surface area contributed by atoms with E-state index in [1.807, 2.05) is 0 Å². The summed E-state index contributed by atoms with van der Waals surface area (Å²) < 4.78 is 122. The summed E-state index contributed by atoms with van der Waals surface area (Å²) in [7, 11) is 0. The van der Waals surface area contributed by atoms with E-state index in [0.717, 1.165) is 18.3 Å². The normalized spacial score (nSPS) is 19.1. The number of aromatic nitrogens is 1. The first-order valence-corrected chi connectivity index (χ1v) is 12.6. The van der Waals surface area contributed by atoms with Gasteiger partial charge in [0.05, 0.1) is 33.0 Å². The number of nitrogens with zero attached hydrogens (tertiary/aromatic N) is 3. The van der Waals surface area contributed by atoms with Crippen LogP contribution in [-0.2, 0) is 24.9 Å². The second-order valence-electron chi connectivity index (χ2n) is 10.2. The van der Waals surface area contributed by atoms with Crippen molar-refractivity contribution >= 4 is 17.5 Å². The highest BCUT2D eigenvalue weighted by atomic mass is 19.4. The first kappa shape index (κ1) is 32.5. The molecule has 8 nitrogen and oxygen atoms in total. The molecule has 1 aromatic heterocycles. The second kappa shape index (κ2) is 10.9. The second-order valence-corrected chi connectivity index (χ2v) is 10.2. The number of halogens is 9. The van der Waals surface area contributed by atoms with Gasteiger partial charge in [0.15, 0.2) is 0 Å². The lowest BCUT2D eigenvalue weighted by Gasteiger charge is -2.46. The van der Waals surface area contributed by atoms with Gasteiger partial charge in [0.1, 0.15) is 11.9 Å². The van der Waals surface area contributed by atoms with Crippen molar-refractivity contribution in [2.24, 2.45) is 5.73 Å². The molecule has 236 valence electrons. The van der Waals surface area contributed by atoms with Crippen LogP contribution in [0.25, 0.3) is 0 Å². The molecule has 1 amide bonds. The Morgan fingerprint density at radius 1 is 1.00 bits per heavy atom. The highest BCUT2D eigenvalue weighted by molar-refractivity contribution is 5.90. The number of hydrogen-bond acceptors (Lipinski definition) is 5. The lowest BCUT2D eigenvalue weighted by Crippen LogP contribution is -2.61. The molecule has 0 spiro atoms. The molecule has 0 radical (unpaired) electrons. The van der Waals surface area contributed by atoms with Crippen LogP contribution in [0.5, 0.6) is 0 Å². The van der Waals surface area contributed by atoms with E-state index < -0.39 is 81.9 Å². The molecule has 0 bridgehead atoms. The Morgan fingerprint density at radius 2 is 1.57 bits per heavy atom. The predicted molar refractivity (Wildman–Crippen MR) is 136 cm³/mol. The van der Waals surface area contributed by atoms with Gasteiger partial charge in [-0.3, -0.25) is 20.0 Å². The Hall–Kier alpha value is -4.41. The lowest BCUT2D eigenvalue weighted by atomic mass is 9.77. The van der Waals surface area contributed by atoms with Crippen LogP contribution in [0.4, 0.5) is 55.7 Å². The molecule has 2 aromatic carbocycles. The zero-order chi connectivity index (χ0) is 33.0. The van der Waals surface area contributed by atoms with Crippen LogP contribution in [0.15, 0.2) is 48.7 Å². The molecular weight excluding hydrogens is 615 g/mol. The summed E-state index contributed by atoms with van der Waals surface area (Å²) in [5.41, 5.74) is -2.15. The van der Waals surface area contributed by atoms with Crippen molar-refractivity contribution in [3.8, 4) is 0 Å². The number of rotatable bonds is 5. The molecule has 0 saturated carbocycles. The van der Waals surface area contributed by atoms with Crippen molar-refractivity contribution in [2.45, 2.75) is 56.3 Å². The van der Waals surface area contributed by atoms with Crippen molar-refractivity contribution in [1.29, 1.82) is 0 Å². The SMILES string of the molecule is CC[C@]1(N)C[C@H](c2ncc([N+](=O)[O-])cc2Cc2cc(C(F)(F)F)cc(C(F)(F)F)c2)c2cc(C(F)(F)F)ccc2N1C(=O)O. The van der Waals surface area contributed by atoms with E-state index in [4.69, 9.17) is 5.73 Å². The highest BCUT2D eigenvalue weighted by Crippen LogP contribution is 2.48. The molecule has 3 aromatic rings. The zero-order valence-electron chi connectivity index (χ0n) is 22.3. The van der Waals surface area contributed by atoms with Gasteiger partial charge in [0.2, 0.25) is 0 Å². The fourth-order valence-corrected chi connectivity index (χ4v) is 5.25. The van der Waals surface area contributed by atoms with Crippen LogP contribution in [0.1, 0.15) is 64.8 Å². The van der Waals surface area contributed by atoms with E-state index in [1.165, 1.54) is 6.92 Å². The maximum atomic E-state index is 13.7. The molecule has 1 aliphatic heterocycles. The summed E-state index contributed by atoms with van der Waals surface area (Å²) in [5, 5.41) is 21.5. The van der Waals surface area contributed by atoms with Crippen LogP contribution in [-0.4, -0.2) is 26.8 Å². The third-order valence-electron chi connectivity index (χ3n) is 7.35. The van der Waals surface area contributed by atoms with Crippen molar-refractivity contribution in [3.63, 3.8) is 0 Å². The van der Waals surface area contributed by atoms with Gasteiger partial charge in [0, 0.05) is 12.0 Å². The summed E-state index contributed by atoms with van der Waals surface area (Å²) in [5.74, 6) is -1.31. The van der Waals surface area contributed by atoms with Crippen LogP contribution in [0, 0.1) is 10.1 Å². The minimum atomic E-state index is -5.20. The largest absolute Gasteiger partial charge is 0.465 e. The number of alkyl halides is 9. The Kier molecular flexibility index (Phi) is 8.08. The van der Waals surface area contributed by atoms with Crippen molar-refractivity contribution in [2.75, 3.05) is 4.90 Å². The van der Waals surface area contributed by atoms with Gasteiger partial charge >= 0.3 is 24.6 Å². The number of nitro groups is 1. The fraction of sp³-hybridized carbons (Fsp3) is 0.333. The van der Waals surface area contributed by atoms with E-state index in [2.05, 4.69) is 4.98 Å².